The molecule has 0 saturated heterocycles. The molecule has 5 heteroatoms. The summed E-state index contributed by atoms with van der Waals surface area (Å²) in [5.74, 6) is -0.0608. The lowest BCUT2D eigenvalue weighted by molar-refractivity contribution is 0.0959. The zero-order valence-corrected chi connectivity index (χ0v) is 9.33. The van der Waals surface area contributed by atoms with Crippen LogP contribution in [0.5, 0.6) is 0 Å². The number of alkyl halides is 2. The third kappa shape index (κ3) is 1.64. The number of nitrogens with zero attached hydrogens (tertiary/aromatic N) is 2. The smallest absolute Gasteiger partial charge is 0.282 e. The number of Topliss-reactive ketones (excluding diaryl/α,β-unsaturated/α-hetero) is 1. The van der Waals surface area contributed by atoms with Gasteiger partial charge in [0.25, 0.3) is 6.43 Å². The van der Waals surface area contributed by atoms with Gasteiger partial charge < -0.3 is 0 Å². The molecule has 1 aliphatic rings. The van der Waals surface area contributed by atoms with Crippen molar-refractivity contribution >= 4 is 5.78 Å². The normalized spacial score (nSPS) is 16.0. The fraction of sp³-hybridized carbons (Fsp3) is 0.636. The highest BCUT2D eigenvalue weighted by molar-refractivity contribution is 5.97. The molecule has 0 spiro atoms. The summed E-state index contributed by atoms with van der Waals surface area (Å²) in [6, 6.07) is -0.0664. The average Bonchev–Trinajstić information content (AvgIpc) is 2.58. The lowest BCUT2D eigenvalue weighted by atomic mass is 9.94. The molecule has 0 aromatic carbocycles. The Morgan fingerprint density at radius 1 is 1.31 bits per heavy atom. The van der Waals surface area contributed by atoms with Gasteiger partial charge in [0.05, 0.1) is 0 Å². The number of fused-ring (bicyclic) bond motifs is 1. The average molecular weight is 228 g/mol. The third-order valence-electron chi connectivity index (χ3n) is 2.83. The first-order chi connectivity index (χ1) is 7.52. The molecule has 0 amide bonds. The van der Waals surface area contributed by atoms with E-state index in [1.54, 1.807) is 0 Å². The summed E-state index contributed by atoms with van der Waals surface area (Å²) in [6.45, 7) is 3.68. The van der Waals surface area contributed by atoms with E-state index in [0.717, 1.165) is 0 Å². The summed E-state index contributed by atoms with van der Waals surface area (Å²) in [5, 5.41) is 3.89. The highest BCUT2D eigenvalue weighted by Gasteiger charge is 2.30. The molecule has 2 rings (SSSR count). The SMILES string of the molecule is CC(C)n1nc(C(F)F)c2c1C(=O)CCC2. The molecule has 1 aromatic heterocycles. The number of ketones is 1. The second-order valence-electron chi connectivity index (χ2n) is 4.33. The Morgan fingerprint density at radius 3 is 2.56 bits per heavy atom. The zero-order chi connectivity index (χ0) is 11.9. The van der Waals surface area contributed by atoms with Gasteiger partial charge in [-0.15, -0.1) is 0 Å². The van der Waals surface area contributed by atoms with E-state index < -0.39 is 6.43 Å². The molecule has 3 nitrogen and oxygen atoms in total. The van der Waals surface area contributed by atoms with Gasteiger partial charge in [0.2, 0.25) is 0 Å². The van der Waals surface area contributed by atoms with Crippen molar-refractivity contribution in [3.05, 3.63) is 17.0 Å². The van der Waals surface area contributed by atoms with Gasteiger partial charge in [-0.3, -0.25) is 9.48 Å². The second kappa shape index (κ2) is 3.96. The molecular formula is C11H14F2N2O. The van der Waals surface area contributed by atoms with E-state index in [1.807, 2.05) is 13.8 Å². The summed E-state index contributed by atoms with van der Waals surface area (Å²) in [6.07, 6.45) is -0.976. The van der Waals surface area contributed by atoms with Gasteiger partial charge in [0.1, 0.15) is 11.4 Å². The molecule has 0 fully saturated rings. The largest absolute Gasteiger partial charge is 0.292 e. The first-order valence-electron chi connectivity index (χ1n) is 5.45. The molecule has 0 saturated carbocycles. The lowest BCUT2D eigenvalue weighted by Crippen LogP contribution is -2.17. The van der Waals surface area contributed by atoms with Gasteiger partial charge in [-0.1, -0.05) is 0 Å². The van der Waals surface area contributed by atoms with Crippen LogP contribution >= 0.6 is 0 Å². The molecule has 1 aromatic rings. The van der Waals surface area contributed by atoms with Crippen LogP contribution in [0.1, 0.15) is 60.9 Å². The first-order valence-corrected chi connectivity index (χ1v) is 5.45. The fourth-order valence-electron chi connectivity index (χ4n) is 2.12. The van der Waals surface area contributed by atoms with Crippen LogP contribution in [0.4, 0.5) is 8.78 Å². The molecule has 16 heavy (non-hydrogen) atoms. The summed E-state index contributed by atoms with van der Waals surface area (Å²) in [4.78, 5) is 11.7. The Hall–Kier alpha value is -1.26. The number of carbonyl (C=O) groups is 1. The van der Waals surface area contributed by atoms with Crippen molar-refractivity contribution in [3.63, 3.8) is 0 Å². The van der Waals surface area contributed by atoms with Gasteiger partial charge >= 0.3 is 0 Å². The van der Waals surface area contributed by atoms with E-state index in [0.29, 0.717) is 30.5 Å². The monoisotopic (exact) mass is 228 g/mol. The highest BCUT2D eigenvalue weighted by atomic mass is 19.3. The molecule has 88 valence electrons. The number of halogens is 2. The van der Waals surface area contributed by atoms with Gasteiger partial charge in [0.15, 0.2) is 5.78 Å². The van der Waals surface area contributed by atoms with Crippen LogP contribution in [-0.4, -0.2) is 15.6 Å². The molecule has 0 aliphatic heterocycles. The van der Waals surface area contributed by atoms with Crippen LogP contribution in [0, 0.1) is 0 Å². The standard InChI is InChI=1S/C11H14F2N2O/c1-6(2)15-10-7(4-3-5-8(10)16)9(14-15)11(12)13/h6,11H,3-5H2,1-2H3. The molecular weight excluding hydrogens is 214 g/mol. The molecule has 0 bridgehead atoms. The number of aromatic nitrogens is 2. The number of hydrogen-bond donors (Lipinski definition) is 0. The first kappa shape index (κ1) is 11.2. The van der Waals surface area contributed by atoms with Crippen molar-refractivity contribution in [2.45, 2.75) is 45.6 Å². The van der Waals surface area contributed by atoms with Crippen molar-refractivity contribution in [2.24, 2.45) is 0 Å². The molecule has 0 atom stereocenters. The van der Waals surface area contributed by atoms with Crippen molar-refractivity contribution in [1.29, 1.82) is 0 Å². The molecule has 0 unspecified atom stereocenters. The number of carbonyl (C=O) groups excluding carboxylic acids is 1. The van der Waals surface area contributed by atoms with Crippen LogP contribution < -0.4 is 0 Å². The number of rotatable bonds is 2. The summed E-state index contributed by atoms with van der Waals surface area (Å²) < 4.78 is 27.0. The van der Waals surface area contributed by atoms with E-state index in [2.05, 4.69) is 5.10 Å². The van der Waals surface area contributed by atoms with E-state index in [1.165, 1.54) is 4.68 Å². The van der Waals surface area contributed by atoms with E-state index in [4.69, 9.17) is 0 Å². The second-order valence-corrected chi connectivity index (χ2v) is 4.33. The Balaban J connectivity index is 2.60. The Kier molecular flexibility index (Phi) is 2.78. The Bertz CT molecular complexity index is 424. The fourth-order valence-corrected chi connectivity index (χ4v) is 2.12. The van der Waals surface area contributed by atoms with Crippen molar-refractivity contribution in [3.8, 4) is 0 Å². The molecule has 0 radical (unpaired) electrons. The van der Waals surface area contributed by atoms with Crippen LogP contribution in [0.2, 0.25) is 0 Å². The maximum absolute atomic E-state index is 12.8. The van der Waals surface area contributed by atoms with Crippen LogP contribution in [0.15, 0.2) is 0 Å². The third-order valence-corrected chi connectivity index (χ3v) is 2.83. The van der Waals surface area contributed by atoms with Gasteiger partial charge in [-0.25, -0.2) is 8.78 Å². The van der Waals surface area contributed by atoms with Gasteiger partial charge in [-0.2, -0.15) is 5.10 Å². The minimum Gasteiger partial charge on any atom is -0.292 e. The van der Waals surface area contributed by atoms with E-state index >= 15 is 0 Å². The lowest BCUT2D eigenvalue weighted by Gasteiger charge is -2.15. The molecule has 0 N–H and O–H groups in total. The Labute approximate surface area is 92.4 Å². The maximum Gasteiger partial charge on any atom is 0.282 e. The van der Waals surface area contributed by atoms with Gasteiger partial charge in [0, 0.05) is 18.0 Å². The summed E-state index contributed by atoms with van der Waals surface area (Å²) in [5.41, 5.74) is 0.647. The molecule has 1 aliphatic carbocycles. The van der Waals surface area contributed by atoms with Crippen LogP contribution in [0.3, 0.4) is 0 Å². The zero-order valence-electron chi connectivity index (χ0n) is 9.33. The maximum atomic E-state index is 12.8. The van der Waals surface area contributed by atoms with E-state index in [9.17, 15) is 13.6 Å². The van der Waals surface area contributed by atoms with Crippen LogP contribution in [-0.2, 0) is 6.42 Å². The highest BCUT2D eigenvalue weighted by Crippen LogP contribution is 2.31. The quantitative estimate of drug-likeness (QED) is 0.780. The summed E-state index contributed by atoms with van der Waals surface area (Å²) in [7, 11) is 0. The minimum atomic E-state index is -2.60. The van der Waals surface area contributed by atoms with Crippen LogP contribution in [0.25, 0.3) is 0 Å². The van der Waals surface area contributed by atoms with Crippen molar-refractivity contribution in [1.82, 2.24) is 9.78 Å². The summed E-state index contributed by atoms with van der Waals surface area (Å²) >= 11 is 0. The molecule has 1 heterocycles. The predicted molar refractivity (Wildman–Crippen MR) is 54.8 cm³/mol. The van der Waals surface area contributed by atoms with Gasteiger partial charge in [-0.05, 0) is 26.7 Å². The predicted octanol–water partition coefficient (Wildman–Crippen LogP) is 2.92. The van der Waals surface area contributed by atoms with Crippen molar-refractivity contribution in [2.75, 3.05) is 0 Å². The van der Waals surface area contributed by atoms with Crippen molar-refractivity contribution < 1.29 is 13.6 Å². The van der Waals surface area contributed by atoms with E-state index in [-0.39, 0.29) is 17.5 Å². The Morgan fingerprint density at radius 2 is 2.00 bits per heavy atom. The minimum absolute atomic E-state index is 0.0608. The topological polar surface area (TPSA) is 34.9 Å². The number of hydrogen-bond acceptors (Lipinski definition) is 2.